The van der Waals surface area contributed by atoms with Crippen molar-refractivity contribution in [3.63, 3.8) is 0 Å². The molecule has 0 bridgehead atoms. The lowest BCUT2D eigenvalue weighted by molar-refractivity contribution is -0.180. The molecule has 0 radical (unpaired) electrons. The minimum absolute atomic E-state index is 0.0709. The molecule has 0 aliphatic carbocycles. The van der Waals surface area contributed by atoms with E-state index in [1.165, 1.54) is 31.2 Å². The van der Waals surface area contributed by atoms with Gasteiger partial charge in [0.25, 0.3) is 11.8 Å². The van der Waals surface area contributed by atoms with E-state index < -0.39 is 36.5 Å². The summed E-state index contributed by atoms with van der Waals surface area (Å²) < 4.78 is 37.0. The number of imide groups is 1. The van der Waals surface area contributed by atoms with Crippen molar-refractivity contribution in [2.75, 3.05) is 13.6 Å². The minimum Gasteiger partial charge on any atom is -0.328 e. The number of hydrogen-bond donors (Lipinski definition) is 0. The molecular weight excluding hydrogens is 317 g/mol. The van der Waals surface area contributed by atoms with Crippen LogP contribution in [0.3, 0.4) is 0 Å². The Morgan fingerprint density at radius 2 is 1.70 bits per heavy atom. The van der Waals surface area contributed by atoms with Gasteiger partial charge in [0.1, 0.15) is 6.04 Å². The maximum atomic E-state index is 12.3. The summed E-state index contributed by atoms with van der Waals surface area (Å²) in [5.74, 6) is -2.79. The monoisotopic (exact) mass is 330 g/mol. The van der Waals surface area contributed by atoms with Gasteiger partial charge in [-0.1, -0.05) is 17.2 Å². The zero-order valence-electron chi connectivity index (χ0n) is 12.3. The van der Waals surface area contributed by atoms with Crippen molar-refractivity contribution >= 4 is 17.8 Å². The molecule has 124 valence electrons. The van der Waals surface area contributed by atoms with Crippen molar-refractivity contribution in [3.8, 4) is 0 Å². The van der Waals surface area contributed by atoms with Gasteiger partial charge in [0, 0.05) is 0 Å². The van der Waals surface area contributed by atoms with Crippen molar-refractivity contribution in [3.05, 3.63) is 35.4 Å². The number of amides is 2. The van der Waals surface area contributed by atoms with Gasteiger partial charge >= 0.3 is 12.1 Å². The standard InChI is InChI=1S/C14H13F3N2O4/c1-8(18(2)7-14(15,16)17)13(22)23-19-11(20)9-5-3-4-6-10(9)12(19)21/h3-6,8H,7H2,1-2H3. The van der Waals surface area contributed by atoms with Crippen molar-refractivity contribution in [2.45, 2.75) is 19.1 Å². The van der Waals surface area contributed by atoms with Gasteiger partial charge in [-0.2, -0.15) is 13.2 Å². The van der Waals surface area contributed by atoms with E-state index in [0.717, 1.165) is 7.05 Å². The lowest BCUT2D eigenvalue weighted by Crippen LogP contribution is -2.45. The quantitative estimate of drug-likeness (QED) is 0.785. The second-order valence-corrected chi connectivity index (χ2v) is 5.07. The molecule has 0 spiro atoms. The van der Waals surface area contributed by atoms with E-state index in [2.05, 4.69) is 0 Å². The number of carbonyl (C=O) groups excluding carboxylic acids is 3. The Kier molecular flexibility index (Phi) is 4.42. The fraction of sp³-hybridized carbons (Fsp3) is 0.357. The number of alkyl halides is 3. The van der Waals surface area contributed by atoms with Crippen LogP contribution in [0.25, 0.3) is 0 Å². The van der Waals surface area contributed by atoms with Gasteiger partial charge in [0.2, 0.25) is 0 Å². The molecule has 9 heteroatoms. The van der Waals surface area contributed by atoms with Crippen molar-refractivity contribution in [1.29, 1.82) is 0 Å². The van der Waals surface area contributed by atoms with Crippen LogP contribution in [-0.2, 0) is 9.63 Å². The van der Waals surface area contributed by atoms with Crippen molar-refractivity contribution in [1.82, 2.24) is 9.96 Å². The Hall–Kier alpha value is -2.42. The van der Waals surface area contributed by atoms with Crippen LogP contribution in [0.2, 0.25) is 0 Å². The highest BCUT2D eigenvalue weighted by Crippen LogP contribution is 2.23. The first-order chi connectivity index (χ1) is 10.6. The molecule has 1 aromatic rings. The summed E-state index contributed by atoms with van der Waals surface area (Å²) >= 11 is 0. The number of benzene rings is 1. The second-order valence-electron chi connectivity index (χ2n) is 5.07. The van der Waals surface area contributed by atoms with E-state index in [0.29, 0.717) is 4.90 Å². The van der Waals surface area contributed by atoms with E-state index in [-0.39, 0.29) is 16.2 Å². The molecule has 0 saturated heterocycles. The van der Waals surface area contributed by atoms with Crippen molar-refractivity contribution in [2.24, 2.45) is 0 Å². The fourth-order valence-electron chi connectivity index (χ4n) is 2.02. The smallest absolute Gasteiger partial charge is 0.328 e. The van der Waals surface area contributed by atoms with Crippen LogP contribution < -0.4 is 0 Å². The predicted octanol–water partition coefficient (Wildman–Crippen LogP) is 1.62. The summed E-state index contributed by atoms with van der Waals surface area (Å²) in [6.45, 7) is -0.141. The van der Waals surface area contributed by atoms with Crippen LogP contribution in [0.4, 0.5) is 13.2 Å². The molecule has 0 fully saturated rings. The first-order valence-electron chi connectivity index (χ1n) is 6.58. The maximum absolute atomic E-state index is 12.3. The largest absolute Gasteiger partial charge is 0.401 e. The van der Waals surface area contributed by atoms with Gasteiger partial charge in [0.15, 0.2) is 0 Å². The third-order valence-electron chi connectivity index (χ3n) is 3.37. The molecule has 1 aromatic carbocycles. The third kappa shape index (κ3) is 3.50. The molecule has 2 rings (SSSR count). The molecule has 6 nitrogen and oxygen atoms in total. The molecule has 1 heterocycles. The number of rotatable bonds is 4. The van der Waals surface area contributed by atoms with Gasteiger partial charge in [-0.05, 0) is 26.1 Å². The van der Waals surface area contributed by atoms with Gasteiger partial charge in [-0.3, -0.25) is 14.5 Å². The van der Waals surface area contributed by atoms with E-state index in [1.807, 2.05) is 0 Å². The SMILES string of the molecule is CC(C(=O)ON1C(=O)c2ccccc2C1=O)N(C)CC(F)(F)F. The molecule has 2 amide bonds. The predicted molar refractivity (Wildman–Crippen MR) is 71.2 cm³/mol. The fourth-order valence-corrected chi connectivity index (χ4v) is 2.02. The summed E-state index contributed by atoms with van der Waals surface area (Å²) in [4.78, 5) is 41.3. The molecule has 0 saturated carbocycles. The molecule has 1 unspecified atom stereocenters. The average Bonchev–Trinajstić information content (AvgIpc) is 2.70. The number of nitrogens with zero attached hydrogens (tertiary/aromatic N) is 2. The third-order valence-corrected chi connectivity index (χ3v) is 3.37. The average molecular weight is 330 g/mol. The van der Waals surface area contributed by atoms with Gasteiger partial charge in [-0.25, -0.2) is 4.79 Å². The Bertz CT molecular complexity index is 625. The van der Waals surface area contributed by atoms with Gasteiger partial charge in [-0.15, -0.1) is 0 Å². The Balaban J connectivity index is 2.07. The first-order valence-corrected chi connectivity index (χ1v) is 6.58. The molecule has 0 N–H and O–H groups in total. The summed E-state index contributed by atoms with van der Waals surface area (Å²) in [6.07, 6.45) is -4.49. The number of carbonyl (C=O) groups is 3. The molecule has 23 heavy (non-hydrogen) atoms. The van der Waals surface area contributed by atoms with Crippen LogP contribution in [0.5, 0.6) is 0 Å². The number of fused-ring (bicyclic) bond motifs is 1. The number of hydrogen-bond acceptors (Lipinski definition) is 5. The van der Waals surface area contributed by atoms with Crippen LogP contribution in [0, 0.1) is 0 Å². The first kappa shape index (κ1) is 16.9. The van der Waals surface area contributed by atoms with E-state index >= 15 is 0 Å². The summed E-state index contributed by atoms with van der Waals surface area (Å²) in [5, 5.41) is 0.269. The minimum atomic E-state index is -4.49. The second kappa shape index (κ2) is 5.99. The number of halogens is 3. The normalized spacial score (nSPS) is 15.8. The van der Waals surface area contributed by atoms with E-state index in [9.17, 15) is 27.6 Å². The Morgan fingerprint density at radius 3 is 2.13 bits per heavy atom. The molecule has 1 aliphatic heterocycles. The summed E-state index contributed by atoms with van der Waals surface area (Å²) in [6, 6.07) is 4.57. The lowest BCUT2D eigenvalue weighted by atomic mass is 10.1. The van der Waals surface area contributed by atoms with E-state index in [4.69, 9.17) is 4.84 Å². The Labute approximate surface area is 129 Å². The molecule has 1 atom stereocenters. The molecule has 0 aromatic heterocycles. The number of hydroxylamine groups is 2. The van der Waals surface area contributed by atoms with Crippen LogP contribution in [-0.4, -0.2) is 53.6 Å². The van der Waals surface area contributed by atoms with Gasteiger partial charge < -0.3 is 4.84 Å². The van der Waals surface area contributed by atoms with Crippen LogP contribution in [0.15, 0.2) is 24.3 Å². The lowest BCUT2D eigenvalue weighted by Gasteiger charge is -2.25. The number of likely N-dealkylation sites (N-methyl/N-ethyl adjacent to an activating group) is 1. The highest BCUT2D eigenvalue weighted by Gasteiger charge is 2.40. The topological polar surface area (TPSA) is 66.9 Å². The zero-order chi connectivity index (χ0) is 17.4. The van der Waals surface area contributed by atoms with Crippen LogP contribution >= 0.6 is 0 Å². The summed E-state index contributed by atoms with van der Waals surface area (Å²) in [5.41, 5.74) is 0.142. The zero-order valence-corrected chi connectivity index (χ0v) is 12.3. The molecule has 1 aliphatic rings. The van der Waals surface area contributed by atoms with Gasteiger partial charge in [0.05, 0.1) is 17.7 Å². The summed E-state index contributed by atoms with van der Waals surface area (Å²) in [7, 11) is 1.09. The van der Waals surface area contributed by atoms with Crippen LogP contribution in [0.1, 0.15) is 27.6 Å². The molecular formula is C14H13F3N2O4. The van der Waals surface area contributed by atoms with Crippen molar-refractivity contribution < 1.29 is 32.4 Å². The Morgan fingerprint density at radius 1 is 1.22 bits per heavy atom. The highest BCUT2D eigenvalue weighted by atomic mass is 19.4. The van der Waals surface area contributed by atoms with E-state index in [1.54, 1.807) is 0 Å². The maximum Gasteiger partial charge on any atom is 0.401 e. The highest BCUT2D eigenvalue weighted by molar-refractivity contribution is 6.20.